The van der Waals surface area contributed by atoms with Gasteiger partial charge in [-0.25, -0.2) is 0 Å². The summed E-state index contributed by atoms with van der Waals surface area (Å²) in [5, 5.41) is 0. The van der Waals surface area contributed by atoms with E-state index in [1.165, 1.54) is 24.0 Å². The predicted molar refractivity (Wildman–Crippen MR) is 68.0 cm³/mol. The van der Waals surface area contributed by atoms with Crippen LogP contribution in [0.1, 0.15) is 30.4 Å². The first-order valence-electron chi connectivity index (χ1n) is 6.07. The van der Waals surface area contributed by atoms with Crippen molar-refractivity contribution in [1.29, 1.82) is 0 Å². The molecule has 0 heterocycles. The standard InChI is InChI=1S/C15H19N/c1-2-3-8-15(16)14-10-9-12-6-4-5-7-13(12)11-14/h1,4-7,14-15H,3,8-11,16H2. The van der Waals surface area contributed by atoms with Crippen LogP contribution in [0.2, 0.25) is 0 Å². The lowest BCUT2D eigenvalue weighted by molar-refractivity contribution is 0.361. The molecule has 0 aliphatic heterocycles. The molecule has 2 N–H and O–H groups in total. The van der Waals surface area contributed by atoms with Gasteiger partial charge in [-0.3, -0.25) is 0 Å². The number of hydrogen-bond acceptors (Lipinski definition) is 1. The van der Waals surface area contributed by atoms with E-state index in [0.717, 1.165) is 19.3 Å². The smallest absolute Gasteiger partial charge is 0.0101 e. The topological polar surface area (TPSA) is 26.0 Å². The van der Waals surface area contributed by atoms with E-state index in [9.17, 15) is 0 Å². The fraction of sp³-hybridized carbons (Fsp3) is 0.467. The minimum atomic E-state index is 0.268. The molecule has 2 atom stereocenters. The molecule has 0 radical (unpaired) electrons. The summed E-state index contributed by atoms with van der Waals surface area (Å²) in [6, 6.07) is 8.98. The lowest BCUT2D eigenvalue weighted by atomic mass is 9.79. The van der Waals surface area contributed by atoms with Crippen molar-refractivity contribution in [2.45, 2.75) is 38.1 Å². The second-order valence-electron chi connectivity index (χ2n) is 4.68. The second kappa shape index (κ2) is 5.18. The summed E-state index contributed by atoms with van der Waals surface area (Å²) in [6.07, 6.45) is 10.6. The Labute approximate surface area is 98.0 Å². The molecule has 0 saturated carbocycles. The van der Waals surface area contributed by atoms with Crippen LogP contribution in [0.3, 0.4) is 0 Å². The highest BCUT2D eigenvalue weighted by Gasteiger charge is 2.22. The van der Waals surface area contributed by atoms with Crippen LogP contribution < -0.4 is 5.73 Å². The van der Waals surface area contributed by atoms with E-state index in [1.54, 1.807) is 0 Å². The lowest BCUT2D eigenvalue weighted by Gasteiger charge is -2.29. The molecule has 1 nitrogen and oxygen atoms in total. The Hall–Kier alpha value is -1.26. The Kier molecular flexibility index (Phi) is 3.64. The Morgan fingerprint density at radius 1 is 1.38 bits per heavy atom. The molecule has 1 aliphatic carbocycles. The van der Waals surface area contributed by atoms with Gasteiger partial charge in [0, 0.05) is 12.5 Å². The molecule has 1 heteroatoms. The molecule has 2 rings (SSSR count). The van der Waals surface area contributed by atoms with Crippen molar-refractivity contribution in [2.75, 3.05) is 0 Å². The molecule has 0 aromatic heterocycles. The quantitative estimate of drug-likeness (QED) is 0.767. The van der Waals surface area contributed by atoms with Gasteiger partial charge < -0.3 is 5.73 Å². The van der Waals surface area contributed by atoms with Crippen molar-refractivity contribution in [1.82, 2.24) is 0 Å². The number of terminal acetylenes is 1. The van der Waals surface area contributed by atoms with Crippen molar-refractivity contribution in [3.8, 4) is 12.3 Å². The summed E-state index contributed by atoms with van der Waals surface area (Å²) in [4.78, 5) is 0. The van der Waals surface area contributed by atoms with E-state index in [0.29, 0.717) is 5.92 Å². The molecular weight excluding hydrogens is 194 g/mol. The number of aryl methyl sites for hydroxylation is 1. The van der Waals surface area contributed by atoms with E-state index in [4.69, 9.17) is 12.2 Å². The molecule has 1 aromatic rings. The maximum atomic E-state index is 6.20. The van der Waals surface area contributed by atoms with Crippen LogP contribution in [0.4, 0.5) is 0 Å². The third-order valence-corrected chi connectivity index (χ3v) is 3.61. The first kappa shape index (κ1) is 11.2. The Morgan fingerprint density at radius 3 is 2.88 bits per heavy atom. The van der Waals surface area contributed by atoms with Gasteiger partial charge in [-0.05, 0) is 42.7 Å². The third-order valence-electron chi connectivity index (χ3n) is 3.61. The van der Waals surface area contributed by atoms with Crippen molar-refractivity contribution in [3.63, 3.8) is 0 Å². The highest BCUT2D eigenvalue weighted by atomic mass is 14.6. The normalized spacial score (nSPS) is 20.9. The lowest BCUT2D eigenvalue weighted by Crippen LogP contribution is -2.33. The maximum Gasteiger partial charge on any atom is 0.0101 e. The average molecular weight is 213 g/mol. The summed E-state index contributed by atoms with van der Waals surface area (Å²) in [6.45, 7) is 0. The highest BCUT2D eigenvalue weighted by Crippen LogP contribution is 2.27. The summed E-state index contributed by atoms with van der Waals surface area (Å²) in [7, 11) is 0. The van der Waals surface area contributed by atoms with Crippen LogP contribution in [-0.4, -0.2) is 6.04 Å². The Balaban J connectivity index is 2.00. The molecule has 16 heavy (non-hydrogen) atoms. The first-order chi connectivity index (χ1) is 7.81. The largest absolute Gasteiger partial charge is 0.327 e. The van der Waals surface area contributed by atoms with Crippen molar-refractivity contribution in [2.24, 2.45) is 11.7 Å². The SMILES string of the molecule is C#CCCC(N)C1CCc2ccccc2C1. The average Bonchev–Trinajstić information content (AvgIpc) is 2.35. The van der Waals surface area contributed by atoms with Crippen molar-refractivity contribution in [3.05, 3.63) is 35.4 Å². The minimum absolute atomic E-state index is 0.268. The van der Waals surface area contributed by atoms with E-state index >= 15 is 0 Å². The van der Waals surface area contributed by atoms with Gasteiger partial charge in [0.15, 0.2) is 0 Å². The van der Waals surface area contributed by atoms with Crippen molar-refractivity contribution < 1.29 is 0 Å². The van der Waals surface area contributed by atoms with Gasteiger partial charge in [0.25, 0.3) is 0 Å². The minimum Gasteiger partial charge on any atom is -0.327 e. The van der Waals surface area contributed by atoms with E-state index in [2.05, 4.69) is 30.2 Å². The molecule has 1 aliphatic rings. The van der Waals surface area contributed by atoms with Gasteiger partial charge in [0.05, 0.1) is 0 Å². The van der Waals surface area contributed by atoms with Gasteiger partial charge in [-0.2, -0.15) is 0 Å². The summed E-state index contributed by atoms with van der Waals surface area (Å²) in [5.74, 6) is 3.29. The number of hydrogen-bond donors (Lipinski definition) is 1. The van der Waals surface area contributed by atoms with Gasteiger partial charge in [-0.15, -0.1) is 12.3 Å². The van der Waals surface area contributed by atoms with Crippen LogP contribution in [0.15, 0.2) is 24.3 Å². The summed E-state index contributed by atoms with van der Waals surface area (Å²) >= 11 is 0. The Bertz CT molecular complexity index is 389. The van der Waals surface area contributed by atoms with Crippen LogP contribution in [-0.2, 0) is 12.8 Å². The molecule has 0 saturated heterocycles. The van der Waals surface area contributed by atoms with E-state index in [-0.39, 0.29) is 6.04 Å². The molecule has 84 valence electrons. The third kappa shape index (κ3) is 2.46. The summed E-state index contributed by atoms with van der Waals surface area (Å²) < 4.78 is 0. The number of nitrogens with two attached hydrogens (primary N) is 1. The zero-order chi connectivity index (χ0) is 11.4. The maximum absolute atomic E-state index is 6.20. The number of rotatable bonds is 3. The monoisotopic (exact) mass is 213 g/mol. The van der Waals surface area contributed by atoms with E-state index in [1.807, 2.05) is 0 Å². The van der Waals surface area contributed by atoms with Gasteiger partial charge in [0.2, 0.25) is 0 Å². The number of benzene rings is 1. The zero-order valence-corrected chi connectivity index (χ0v) is 9.65. The Morgan fingerprint density at radius 2 is 2.12 bits per heavy atom. The van der Waals surface area contributed by atoms with Crippen molar-refractivity contribution >= 4 is 0 Å². The van der Waals surface area contributed by atoms with Crippen LogP contribution >= 0.6 is 0 Å². The molecule has 0 bridgehead atoms. The van der Waals surface area contributed by atoms with Crippen LogP contribution in [0.5, 0.6) is 0 Å². The van der Waals surface area contributed by atoms with Gasteiger partial charge >= 0.3 is 0 Å². The fourth-order valence-corrected chi connectivity index (χ4v) is 2.58. The molecule has 1 aromatic carbocycles. The number of fused-ring (bicyclic) bond motifs is 1. The van der Waals surface area contributed by atoms with Crippen LogP contribution in [0.25, 0.3) is 0 Å². The molecular formula is C15H19N. The first-order valence-corrected chi connectivity index (χ1v) is 6.07. The summed E-state index contributed by atoms with van der Waals surface area (Å²) in [5.41, 5.74) is 9.18. The molecule has 0 amide bonds. The van der Waals surface area contributed by atoms with E-state index < -0.39 is 0 Å². The zero-order valence-electron chi connectivity index (χ0n) is 9.65. The second-order valence-corrected chi connectivity index (χ2v) is 4.68. The van der Waals surface area contributed by atoms with Gasteiger partial charge in [0.1, 0.15) is 0 Å². The molecule has 0 spiro atoms. The predicted octanol–water partition coefficient (Wildman–Crippen LogP) is 2.53. The van der Waals surface area contributed by atoms with Crippen LogP contribution in [0, 0.1) is 18.3 Å². The van der Waals surface area contributed by atoms with Gasteiger partial charge in [-0.1, -0.05) is 24.3 Å². The molecule has 2 unspecified atom stereocenters. The highest BCUT2D eigenvalue weighted by molar-refractivity contribution is 5.29. The molecule has 0 fully saturated rings. The fourth-order valence-electron chi connectivity index (χ4n) is 2.58.